The number of fused-ring (bicyclic) bond motifs is 4. The van der Waals surface area contributed by atoms with Gasteiger partial charge in [-0.3, -0.25) is 24.1 Å². The van der Waals surface area contributed by atoms with Gasteiger partial charge in [0, 0.05) is 22.5 Å². The Labute approximate surface area is 289 Å². The normalized spacial score (nSPS) is 27.9. The second-order valence-electron chi connectivity index (χ2n) is 13.1. The number of amides is 4. The van der Waals surface area contributed by atoms with Crippen molar-refractivity contribution >= 4 is 56.8 Å². The van der Waals surface area contributed by atoms with Crippen molar-refractivity contribution in [3.05, 3.63) is 92.7 Å². The zero-order valence-corrected chi connectivity index (χ0v) is 28.3. The third kappa shape index (κ3) is 4.76. The van der Waals surface area contributed by atoms with Gasteiger partial charge in [-0.25, -0.2) is 9.29 Å². The first kappa shape index (κ1) is 32.3. The molecule has 4 aliphatic rings. The van der Waals surface area contributed by atoms with E-state index in [1.165, 1.54) is 24.1 Å². The summed E-state index contributed by atoms with van der Waals surface area (Å²) in [5, 5.41) is 20.9. The Morgan fingerprint density at radius 3 is 2.42 bits per heavy atom. The van der Waals surface area contributed by atoms with E-state index in [-0.39, 0.29) is 59.2 Å². The molecular formula is C36H31BrClFN2O7. The second kappa shape index (κ2) is 11.7. The van der Waals surface area contributed by atoms with Gasteiger partial charge in [0.15, 0.2) is 11.5 Å². The van der Waals surface area contributed by atoms with E-state index in [1.54, 1.807) is 43.3 Å². The first-order valence-corrected chi connectivity index (χ1v) is 16.8. The lowest BCUT2D eigenvalue weighted by Gasteiger charge is -2.49. The van der Waals surface area contributed by atoms with Crippen LogP contribution in [0.25, 0.3) is 0 Å². The largest absolute Gasteiger partial charge is 0.508 e. The van der Waals surface area contributed by atoms with Crippen molar-refractivity contribution < 1.29 is 38.5 Å². The molecule has 0 radical (unpaired) electrons. The summed E-state index contributed by atoms with van der Waals surface area (Å²) in [5.41, 5.74) is 0.576. The maximum absolute atomic E-state index is 14.6. The number of rotatable bonds is 6. The van der Waals surface area contributed by atoms with E-state index >= 15 is 0 Å². The summed E-state index contributed by atoms with van der Waals surface area (Å²) >= 11 is 9.57. The summed E-state index contributed by atoms with van der Waals surface area (Å²) < 4.78 is 20.2. The van der Waals surface area contributed by atoms with Gasteiger partial charge in [0.05, 0.1) is 41.0 Å². The van der Waals surface area contributed by atoms with Crippen LogP contribution in [0.1, 0.15) is 36.8 Å². The number of anilines is 1. The number of ether oxygens (including phenoxy) is 1. The SMILES string of the molecule is COc1cc(Br)cc([C@H]2C3=CC[C@@H]4C(=O)N(CCc5ccc(O)cc5)C(=O)[C@@H]4[C@@H]3C[C@H]3C(=O)N(c4ccc(F)c(Cl)c4)C(=O)[C@@]23C)c1O. The number of carbonyl (C=O) groups excluding carboxylic acids is 4. The fourth-order valence-electron chi connectivity index (χ4n) is 8.39. The maximum atomic E-state index is 14.6. The summed E-state index contributed by atoms with van der Waals surface area (Å²) in [6.07, 6.45) is 2.67. The van der Waals surface area contributed by atoms with Crippen LogP contribution in [0.5, 0.6) is 17.2 Å². The average Bonchev–Trinajstić information content (AvgIpc) is 3.42. The van der Waals surface area contributed by atoms with Crippen LogP contribution < -0.4 is 9.64 Å². The van der Waals surface area contributed by atoms with Crippen LogP contribution in [0.2, 0.25) is 5.02 Å². The molecule has 0 bridgehead atoms. The minimum absolute atomic E-state index is 0.115. The Balaban J connectivity index is 1.32. The van der Waals surface area contributed by atoms with E-state index in [0.717, 1.165) is 16.5 Å². The van der Waals surface area contributed by atoms with Gasteiger partial charge in [0.25, 0.3) is 0 Å². The quantitative estimate of drug-likeness (QED) is 0.230. The van der Waals surface area contributed by atoms with Gasteiger partial charge >= 0.3 is 0 Å². The smallest absolute Gasteiger partial charge is 0.241 e. The van der Waals surface area contributed by atoms with Crippen LogP contribution in [0, 0.1) is 34.9 Å². The first-order chi connectivity index (χ1) is 22.9. The number of hydrogen-bond acceptors (Lipinski definition) is 7. The van der Waals surface area contributed by atoms with Crippen LogP contribution in [0.15, 0.2) is 70.7 Å². The number of phenolic OH excluding ortho intramolecular Hbond substituents is 2. The number of methoxy groups -OCH3 is 1. The second-order valence-corrected chi connectivity index (χ2v) is 14.4. The highest BCUT2D eigenvalue weighted by Crippen LogP contribution is 2.65. The zero-order valence-electron chi connectivity index (χ0n) is 26.0. The number of aromatic hydroxyl groups is 2. The summed E-state index contributed by atoms with van der Waals surface area (Å²) in [6.45, 7) is 1.84. The summed E-state index contributed by atoms with van der Waals surface area (Å²) in [6, 6.07) is 13.5. The van der Waals surface area contributed by atoms with E-state index in [9.17, 15) is 33.8 Å². The lowest BCUT2D eigenvalue weighted by atomic mass is 9.51. The van der Waals surface area contributed by atoms with E-state index in [1.807, 2.05) is 6.08 Å². The predicted octanol–water partition coefficient (Wildman–Crippen LogP) is 6.13. The Bertz CT molecular complexity index is 1930. The van der Waals surface area contributed by atoms with Crippen molar-refractivity contribution in [2.24, 2.45) is 29.1 Å². The van der Waals surface area contributed by atoms with Gasteiger partial charge in [0.1, 0.15) is 11.6 Å². The van der Waals surface area contributed by atoms with Crippen molar-refractivity contribution in [2.75, 3.05) is 18.6 Å². The van der Waals surface area contributed by atoms with Gasteiger partial charge in [-0.05, 0) is 80.1 Å². The first-order valence-electron chi connectivity index (χ1n) is 15.6. The predicted molar refractivity (Wildman–Crippen MR) is 177 cm³/mol. The number of phenols is 2. The molecule has 4 amide bonds. The zero-order chi connectivity index (χ0) is 34.2. The van der Waals surface area contributed by atoms with Crippen LogP contribution in [-0.2, 0) is 25.6 Å². The molecule has 12 heteroatoms. The molecule has 2 heterocycles. The molecule has 48 heavy (non-hydrogen) atoms. The molecule has 2 saturated heterocycles. The maximum Gasteiger partial charge on any atom is 0.241 e. The summed E-state index contributed by atoms with van der Waals surface area (Å²) in [4.78, 5) is 59.1. The van der Waals surface area contributed by atoms with Crippen molar-refractivity contribution in [3.63, 3.8) is 0 Å². The molecule has 3 aromatic carbocycles. The van der Waals surface area contributed by atoms with Crippen molar-refractivity contribution in [3.8, 4) is 17.2 Å². The van der Waals surface area contributed by atoms with Gasteiger partial charge in [-0.1, -0.05) is 51.3 Å². The molecule has 6 atom stereocenters. The highest BCUT2D eigenvalue weighted by Gasteiger charge is 2.68. The van der Waals surface area contributed by atoms with Crippen molar-refractivity contribution in [1.82, 2.24) is 4.90 Å². The summed E-state index contributed by atoms with van der Waals surface area (Å²) in [5.74, 6) is -6.14. The standard InChI is InChI=1S/C36H31BrClFN2O7/c1-36-25(33(45)41(35(36)47)19-5-10-27(39)26(38)15-19)16-23-21(30(36)24-13-18(37)14-28(48-2)31(24)43)8-9-22-29(23)34(46)40(32(22)44)12-11-17-3-6-20(42)7-4-17/h3-8,10,13-15,22-23,25,29-30,42-43H,9,11-12,16H2,1-2H3/t22-,23+,25-,29-,30+,36+/m0/s1. The monoisotopic (exact) mass is 736 g/mol. The fourth-order valence-corrected chi connectivity index (χ4v) is 9.02. The Kier molecular flexibility index (Phi) is 7.90. The Morgan fingerprint density at radius 2 is 1.73 bits per heavy atom. The molecule has 7 rings (SSSR count). The van der Waals surface area contributed by atoms with Crippen LogP contribution >= 0.6 is 27.5 Å². The number of allylic oxidation sites excluding steroid dienone is 2. The Hall–Kier alpha value is -4.22. The van der Waals surface area contributed by atoms with E-state index in [0.29, 0.717) is 22.0 Å². The van der Waals surface area contributed by atoms with Crippen LogP contribution in [0.3, 0.4) is 0 Å². The van der Waals surface area contributed by atoms with Gasteiger partial charge < -0.3 is 14.9 Å². The number of carbonyl (C=O) groups is 4. The molecule has 9 nitrogen and oxygen atoms in total. The van der Waals surface area contributed by atoms with Gasteiger partial charge in [-0.15, -0.1) is 0 Å². The highest BCUT2D eigenvalue weighted by atomic mass is 79.9. The Morgan fingerprint density at radius 1 is 1.00 bits per heavy atom. The number of halogens is 3. The van der Waals surface area contributed by atoms with Crippen molar-refractivity contribution in [2.45, 2.75) is 32.1 Å². The van der Waals surface area contributed by atoms with Crippen LogP contribution in [-0.4, -0.2) is 52.4 Å². The van der Waals surface area contributed by atoms with E-state index in [4.69, 9.17) is 16.3 Å². The minimum Gasteiger partial charge on any atom is -0.508 e. The van der Waals surface area contributed by atoms with Crippen LogP contribution in [0.4, 0.5) is 10.1 Å². The van der Waals surface area contributed by atoms with Gasteiger partial charge in [0.2, 0.25) is 23.6 Å². The number of hydrogen-bond donors (Lipinski definition) is 2. The molecule has 3 fully saturated rings. The number of likely N-dealkylation sites (tertiary alicyclic amines) is 1. The number of benzene rings is 3. The number of nitrogens with zero attached hydrogens (tertiary/aromatic N) is 2. The molecule has 2 aliphatic carbocycles. The highest BCUT2D eigenvalue weighted by molar-refractivity contribution is 9.10. The fraction of sp³-hybridized carbons (Fsp3) is 0.333. The third-order valence-corrected chi connectivity index (χ3v) is 11.4. The van der Waals surface area contributed by atoms with Gasteiger partial charge in [-0.2, -0.15) is 0 Å². The molecule has 2 aliphatic heterocycles. The molecule has 0 aromatic heterocycles. The lowest BCUT2D eigenvalue weighted by molar-refractivity contribution is -0.140. The minimum atomic E-state index is -1.43. The number of imide groups is 2. The molecule has 2 N–H and O–H groups in total. The molecule has 0 spiro atoms. The van der Waals surface area contributed by atoms with E-state index in [2.05, 4.69) is 15.9 Å². The molecule has 3 aromatic rings. The topological polar surface area (TPSA) is 124 Å². The molecular weight excluding hydrogens is 707 g/mol. The van der Waals surface area contributed by atoms with Crippen molar-refractivity contribution in [1.29, 1.82) is 0 Å². The molecule has 0 unspecified atom stereocenters. The van der Waals surface area contributed by atoms with E-state index < -0.39 is 52.6 Å². The molecule has 1 saturated carbocycles. The third-order valence-electron chi connectivity index (χ3n) is 10.7. The average molecular weight is 738 g/mol. The lowest BCUT2D eigenvalue weighted by Crippen LogP contribution is -2.49. The molecule has 248 valence electrons. The summed E-state index contributed by atoms with van der Waals surface area (Å²) in [7, 11) is 1.41.